The van der Waals surface area contributed by atoms with E-state index in [-0.39, 0.29) is 23.4 Å². The molecule has 1 saturated heterocycles. The topological polar surface area (TPSA) is 49.4 Å². The molecule has 116 valence electrons. The number of thioether (sulfide) groups is 1. The van der Waals surface area contributed by atoms with Gasteiger partial charge in [0.1, 0.15) is 6.04 Å². The van der Waals surface area contributed by atoms with Gasteiger partial charge in [0, 0.05) is 17.7 Å². The molecule has 1 aromatic heterocycles. The number of carbonyl (C=O) groups excluding carboxylic acids is 2. The van der Waals surface area contributed by atoms with Gasteiger partial charge in [-0.1, -0.05) is 0 Å². The van der Waals surface area contributed by atoms with Crippen LogP contribution in [0.2, 0.25) is 0 Å². The van der Waals surface area contributed by atoms with E-state index in [1.807, 2.05) is 32.2 Å². The third kappa shape index (κ3) is 4.74. The van der Waals surface area contributed by atoms with Gasteiger partial charge >= 0.3 is 0 Å². The van der Waals surface area contributed by atoms with Gasteiger partial charge in [-0.25, -0.2) is 0 Å². The van der Waals surface area contributed by atoms with E-state index in [0.29, 0.717) is 18.1 Å². The average molecular weight is 326 g/mol. The number of nitrogens with one attached hydrogen (secondary N) is 1. The number of thiophene rings is 1. The Morgan fingerprint density at radius 1 is 1.43 bits per heavy atom. The highest BCUT2D eigenvalue weighted by Gasteiger charge is 2.35. The number of amides is 2. The van der Waals surface area contributed by atoms with Crippen LogP contribution in [-0.2, 0) is 16.0 Å². The lowest BCUT2D eigenvalue weighted by Crippen LogP contribution is -2.52. The van der Waals surface area contributed by atoms with Gasteiger partial charge < -0.3 is 10.2 Å². The molecule has 1 fully saturated rings. The summed E-state index contributed by atoms with van der Waals surface area (Å²) < 4.78 is 0. The molecule has 0 saturated carbocycles. The van der Waals surface area contributed by atoms with Crippen molar-refractivity contribution in [1.29, 1.82) is 0 Å². The number of hydrogen-bond acceptors (Lipinski definition) is 4. The molecule has 1 unspecified atom stereocenters. The van der Waals surface area contributed by atoms with Gasteiger partial charge in [0.25, 0.3) is 0 Å². The Balaban J connectivity index is 1.91. The summed E-state index contributed by atoms with van der Waals surface area (Å²) in [4.78, 5) is 26.4. The van der Waals surface area contributed by atoms with E-state index in [1.54, 1.807) is 28.0 Å². The molecule has 0 spiro atoms. The van der Waals surface area contributed by atoms with Gasteiger partial charge in [-0.15, -0.1) is 11.8 Å². The summed E-state index contributed by atoms with van der Waals surface area (Å²) in [6.07, 6.45) is 1.22. The first-order chi connectivity index (χ1) is 9.87. The van der Waals surface area contributed by atoms with Crippen molar-refractivity contribution in [3.05, 3.63) is 22.4 Å². The third-order valence-corrected chi connectivity index (χ3v) is 4.96. The van der Waals surface area contributed by atoms with Crippen LogP contribution in [0.15, 0.2) is 16.8 Å². The highest BCUT2D eigenvalue weighted by Crippen LogP contribution is 2.23. The summed E-state index contributed by atoms with van der Waals surface area (Å²) in [5.74, 6) is 1.33. The van der Waals surface area contributed by atoms with Crippen molar-refractivity contribution >= 4 is 34.9 Å². The van der Waals surface area contributed by atoms with Crippen LogP contribution in [0.25, 0.3) is 0 Å². The van der Waals surface area contributed by atoms with Crippen LogP contribution in [-0.4, -0.2) is 39.9 Å². The van der Waals surface area contributed by atoms with E-state index in [1.165, 1.54) is 5.56 Å². The van der Waals surface area contributed by atoms with E-state index in [9.17, 15) is 9.59 Å². The molecule has 0 aromatic carbocycles. The number of carbonyl (C=O) groups is 2. The Morgan fingerprint density at radius 2 is 2.19 bits per heavy atom. The molecule has 1 aliphatic heterocycles. The van der Waals surface area contributed by atoms with Gasteiger partial charge in [-0.3, -0.25) is 9.59 Å². The van der Waals surface area contributed by atoms with Gasteiger partial charge in [-0.05, 0) is 49.6 Å². The van der Waals surface area contributed by atoms with Gasteiger partial charge in [0.05, 0.1) is 5.88 Å². The molecule has 2 amide bonds. The van der Waals surface area contributed by atoms with Crippen molar-refractivity contribution in [2.24, 2.45) is 0 Å². The first-order valence-electron chi connectivity index (χ1n) is 7.07. The predicted octanol–water partition coefficient (Wildman–Crippen LogP) is 2.50. The fourth-order valence-electron chi connectivity index (χ4n) is 2.19. The number of hydrogen-bond donors (Lipinski definition) is 1. The number of aryl methyl sites for hydroxylation is 1. The largest absolute Gasteiger partial charge is 0.350 e. The molecule has 2 rings (SSSR count). The summed E-state index contributed by atoms with van der Waals surface area (Å²) in [7, 11) is 0. The van der Waals surface area contributed by atoms with Crippen molar-refractivity contribution in [2.45, 2.75) is 45.2 Å². The molecule has 4 nitrogen and oxygen atoms in total. The second kappa shape index (κ2) is 6.83. The van der Waals surface area contributed by atoms with E-state index < -0.39 is 0 Å². The molecular weight excluding hydrogens is 304 g/mol. The van der Waals surface area contributed by atoms with Crippen LogP contribution in [0.1, 0.15) is 32.8 Å². The Hall–Kier alpha value is -1.01. The van der Waals surface area contributed by atoms with Crippen molar-refractivity contribution in [3.63, 3.8) is 0 Å². The van der Waals surface area contributed by atoms with Crippen LogP contribution < -0.4 is 5.32 Å². The van der Waals surface area contributed by atoms with E-state index in [0.717, 1.165) is 6.42 Å². The highest BCUT2D eigenvalue weighted by molar-refractivity contribution is 7.99. The summed E-state index contributed by atoms with van der Waals surface area (Å²) in [5.41, 5.74) is 0.923. The fraction of sp³-hybridized carbons (Fsp3) is 0.600. The second-order valence-corrected chi connectivity index (χ2v) is 8.03. The average Bonchev–Trinajstić information content (AvgIpc) is 3.05. The smallest absolute Gasteiger partial charge is 0.244 e. The molecule has 2 heterocycles. The highest BCUT2D eigenvalue weighted by atomic mass is 32.2. The lowest BCUT2D eigenvalue weighted by Gasteiger charge is -2.27. The van der Waals surface area contributed by atoms with Gasteiger partial charge in [0.15, 0.2) is 0 Å². The van der Waals surface area contributed by atoms with Crippen molar-refractivity contribution < 1.29 is 9.59 Å². The zero-order valence-corrected chi connectivity index (χ0v) is 14.4. The molecular formula is C15H22N2O2S2. The lowest BCUT2D eigenvalue weighted by atomic mass is 10.1. The summed E-state index contributed by atoms with van der Waals surface area (Å²) in [6, 6.07) is 1.71. The number of rotatable bonds is 4. The maximum Gasteiger partial charge on any atom is 0.244 e. The first kappa shape index (κ1) is 16.4. The molecule has 21 heavy (non-hydrogen) atoms. The Labute approximate surface area is 134 Å². The molecule has 6 heteroatoms. The van der Waals surface area contributed by atoms with Crippen molar-refractivity contribution in [2.75, 3.05) is 11.6 Å². The monoisotopic (exact) mass is 326 g/mol. The van der Waals surface area contributed by atoms with Crippen LogP contribution >= 0.6 is 23.1 Å². The zero-order valence-electron chi connectivity index (χ0n) is 12.7. The maximum atomic E-state index is 12.4. The Kier molecular flexibility index (Phi) is 5.32. The normalized spacial score (nSPS) is 18.8. The van der Waals surface area contributed by atoms with Crippen LogP contribution in [0, 0.1) is 0 Å². The minimum atomic E-state index is -0.329. The van der Waals surface area contributed by atoms with Crippen LogP contribution in [0.5, 0.6) is 0 Å². The Morgan fingerprint density at radius 3 is 2.81 bits per heavy atom. The van der Waals surface area contributed by atoms with Gasteiger partial charge in [0.2, 0.25) is 11.8 Å². The molecule has 1 aromatic rings. The summed E-state index contributed by atoms with van der Waals surface area (Å²) in [5, 5.41) is 7.06. The number of nitrogens with zero attached hydrogens (tertiary/aromatic N) is 1. The van der Waals surface area contributed by atoms with Crippen LogP contribution in [0.3, 0.4) is 0 Å². The van der Waals surface area contributed by atoms with E-state index in [4.69, 9.17) is 0 Å². The summed E-state index contributed by atoms with van der Waals surface area (Å²) >= 11 is 3.28. The summed E-state index contributed by atoms with van der Waals surface area (Å²) in [6.45, 7) is 5.86. The molecule has 0 bridgehead atoms. The minimum absolute atomic E-state index is 0.0450. The van der Waals surface area contributed by atoms with Crippen molar-refractivity contribution in [1.82, 2.24) is 10.2 Å². The molecule has 1 atom stereocenters. The van der Waals surface area contributed by atoms with E-state index >= 15 is 0 Å². The fourth-order valence-corrected chi connectivity index (χ4v) is 4.07. The maximum absolute atomic E-state index is 12.4. The predicted molar refractivity (Wildman–Crippen MR) is 88.5 cm³/mol. The SMILES string of the molecule is CC(C)(C)NC(=O)C1CSCN1C(=O)CCc1ccsc1. The first-order valence-corrected chi connectivity index (χ1v) is 9.17. The zero-order chi connectivity index (χ0) is 15.5. The molecule has 1 aliphatic rings. The minimum Gasteiger partial charge on any atom is -0.350 e. The Bertz CT molecular complexity index is 494. The standard InChI is InChI=1S/C15H22N2O2S2/c1-15(2,3)16-14(19)12-9-21-10-17(12)13(18)5-4-11-6-7-20-8-11/h6-8,12H,4-5,9-10H2,1-3H3,(H,16,19). The quantitative estimate of drug-likeness (QED) is 0.925. The molecule has 1 N–H and O–H groups in total. The second-order valence-electron chi connectivity index (χ2n) is 6.25. The lowest BCUT2D eigenvalue weighted by molar-refractivity contribution is -0.138. The molecule has 0 aliphatic carbocycles. The van der Waals surface area contributed by atoms with Crippen LogP contribution in [0.4, 0.5) is 0 Å². The van der Waals surface area contributed by atoms with Crippen molar-refractivity contribution in [3.8, 4) is 0 Å². The molecule has 0 radical (unpaired) electrons. The van der Waals surface area contributed by atoms with E-state index in [2.05, 4.69) is 10.7 Å². The van der Waals surface area contributed by atoms with Gasteiger partial charge in [-0.2, -0.15) is 11.3 Å². The third-order valence-electron chi connectivity index (χ3n) is 3.21.